The van der Waals surface area contributed by atoms with Crippen molar-refractivity contribution < 1.29 is 23.1 Å². The summed E-state index contributed by atoms with van der Waals surface area (Å²) in [6, 6.07) is 7.54. The number of alkyl halides is 3. The van der Waals surface area contributed by atoms with Crippen LogP contribution in [0.5, 0.6) is 0 Å². The van der Waals surface area contributed by atoms with Crippen molar-refractivity contribution in [2.75, 3.05) is 13.1 Å². The lowest BCUT2D eigenvalue weighted by molar-refractivity contribution is -0.192. The summed E-state index contributed by atoms with van der Waals surface area (Å²) in [6.07, 6.45) is 4.53. The first-order valence-electron chi connectivity index (χ1n) is 9.06. The van der Waals surface area contributed by atoms with Gasteiger partial charge in [-0.15, -0.1) is 0 Å². The summed E-state index contributed by atoms with van der Waals surface area (Å²) in [5.41, 5.74) is 1.20. The molecule has 0 radical (unpaired) electrons. The number of aliphatic carboxylic acids is 1. The van der Waals surface area contributed by atoms with Gasteiger partial charge in [-0.3, -0.25) is 4.90 Å². The minimum atomic E-state index is -5.08. The summed E-state index contributed by atoms with van der Waals surface area (Å²) in [5.74, 6) is -1.83. The molecule has 1 saturated heterocycles. The van der Waals surface area contributed by atoms with E-state index >= 15 is 0 Å². The number of rotatable bonds is 5. The van der Waals surface area contributed by atoms with Crippen molar-refractivity contribution in [1.82, 2.24) is 25.0 Å². The number of carboxylic acid groups (broad SMARTS) is 1. The van der Waals surface area contributed by atoms with Gasteiger partial charge in [-0.2, -0.15) is 18.3 Å². The van der Waals surface area contributed by atoms with E-state index in [9.17, 15) is 13.2 Å². The SMILES string of the molecule is O=C(O)C(F)(F)F.c1cnc(-n2cccn2)c(CNC2CCN(C3CC3)C2)c1. The first-order valence-corrected chi connectivity index (χ1v) is 9.06. The topological polar surface area (TPSA) is 83.3 Å². The molecule has 4 rings (SSSR count). The number of halogens is 3. The lowest BCUT2D eigenvalue weighted by Crippen LogP contribution is -2.33. The van der Waals surface area contributed by atoms with E-state index in [0.29, 0.717) is 6.04 Å². The molecule has 28 heavy (non-hydrogen) atoms. The van der Waals surface area contributed by atoms with Gasteiger partial charge in [0.15, 0.2) is 5.82 Å². The number of nitrogens with one attached hydrogen (secondary N) is 1. The molecule has 2 aliphatic rings. The van der Waals surface area contributed by atoms with Crippen molar-refractivity contribution in [3.05, 3.63) is 42.4 Å². The van der Waals surface area contributed by atoms with Crippen LogP contribution in [0.1, 0.15) is 24.8 Å². The zero-order valence-electron chi connectivity index (χ0n) is 15.1. The smallest absolute Gasteiger partial charge is 0.475 e. The first-order chi connectivity index (χ1) is 13.3. The third-order valence-electron chi connectivity index (χ3n) is 4.70. The van der Waals surface area contributed by atoms with Gasteiger partial charge in [0.25, 0.3) is 0 Å². The lowest BCUT2D eigenvalue weighted by atomic mass is 10.2. The minimum absolute atomic E-state index is 0.608. The molecule has 2 aromatic rings. The second kappa shape index (κ2) is 8.70. The highest BCUT2D eigenvalue weighted by atomic mass is 19.4. The summed E-state index contributed by atoms with van der Waals surface area (Å²) in [5, 5.41) is 15.1. The van der Waals surface area contributed by atoms with Crippen molar-refractivity contribution >= 4 is 5.97 Å². The van der Waals surface area contributed by atoms with E-state index in [1.165, 1.54) is 37.9 Å². The van der Waals surface area contributed by atoms with Crippen molar-refractivity contribution in [3.8, 4) is 5.82 Å². The number of hydrogen-bond acceptors (Lipinski definition) is 5. The van der Waals surface area contributed by atoms with Crippen LogP contribution in [0.15, 0.2) is 36.8 Å². The van der Waals surface area contributed by atoms with Gasteiger partial charge in [-0.1, -0.05) is 6.07 Å². The van der Waals surface area contributed by atoms with E-state index in [1.54, 1.807) is 6.20 Å². The Balaban J connectivity index is 0.000000279. The number of nitrogens with zero attached hydrogens (tertiary/aromatic N) is 4. The number of hydrogen-bond donors (Lipinski definition) is 2. The third-order valence-corrected chi connectivity index (χ3v) is 4.70. The number of carbonyl (C=O) groups is 1. The number of likely N-dealkylation sites (tertiary alicyclic amines) is 1. The van der Waals surface area contributed by atoms with Crippen LogP contribution in [-0.2, 0) is 11.3 Å². The largest absolute Gasteiger partial charge is 0.490 e. The minimum Gasteiger partial charge on any atom is -0.475 e. The van der Waals surface area contributed by atoms with Gasteiger partial charge in [0, 0.05) is 55.9 Å². The van der Waals surface area contributed by atoms with Gasteiger partial charge in [0.05, 0.1) is 0 Å². The van der Waals surface area contributed by atoms with Gasteiger partial charge in [0.2, 0.25) is 0 Å². The summed E-state index contributed by atoms with van der Waals surface area (Å²) < 4.78 is 33.6. The molecular formula is C18H22F3N5O2. The van der Waals surface area contributed by atoms with Gasteiger partial charge < -0.3 is 10.4 Å². The Bertz CT molecular complexity index is 778. The summed E-state index contributed by atoms with van der Waals surface area (Å²) in [7, 11) is 0. The Kier molecular flexibility index (Phi) is 6.30. The van der Waals surface area contributed by atoms with Crippen LogP contribution in [0.3, 0.4) is 0 Å². The van der Waals surface area contributed by atoms with E-state index in [1.807, 2.05) is 29.2 Å². The quantitative estimate of drug-likeness (QED) is 0.805. The molecule has 1 unspecified atom stereocenters. The van der Waals surface area contributed by atoms with Crippen LogP contribution in [0.2, 0.25) is 0 Å². The number of carboxylic acids is 1. The number of pyridine rings is 1. The predicted octanol–water partition coefficient (Wildman–Crippen LogP) is 2.23. The monoisotopic (exact) mass is 397 g/mol. The first kappa shape index (κ1) is 20.3. The molecule has 0 aromatic carbocycles. The molecule has 1 atom stereocenters. The number of aromatic nitrogens is 3. The van der Waals surface area contributed by atoms with Crippen LogP contribution in [0, 0.1) is 0 Å². The Morgan fingerprint density at radius 1 is 1.25 bits per heavy atom. The third kappa shape index (κ3) is 5.52. The van der Waals surface area contributed by atoms with Crippen LogP contribution in [-0.4, -0.2) is 62.1 Å². The molecule has 0 amide bonds. The van der Waals surface area contributed by atoms with Crippen molar-refractivity contribution in [2.24, 2.45) is 0 Å². The summed E-state index contributed by atoms with van der Waals surface area (Å²) >= 11 is 0. The fourth-order valence-electron chi connectivity index (χ4n) is 3.15. The maximum Gasteiger partial charge on any atom is 0.490 e. The Morgan fingerprint density at radius 3 is 2.61 bits per heavy atom. The molecule has 0 bridgehead atoms. The van der Waals surface area contributed by atoms with Crippen molar-refractivity contribution in [3.63, 3.8) is 0 Å². The molecule has 2 N–H and O–H groups in total. The standard InChI is InChI=1S/C16H21N5.C2HF3O2/c1-3-13(16(17-7-1)21-9-2-8-19-21)11-18-14-6-10-20(12-14)15-4-5-15;3-2(4,5)1(6)7/h1-3,7-9,14-15,18H,4-6,10-12H2;(H,6,7). The van der Waals surface area contributed by atoms with Gasteiger partial charge in [0.1, 0.15) is 0 Å². The van der Waals surface area contributed by atoms with Crippen LogP contribution >= 0.6 is 0 Å². The highest BCUT2D eigenvalue weighted by molar-refractivity contribution is 5.73. The fraction of sp³-hybridized carbons (Fsp3) is 0.500. The van der Waals surface area contributed by atoms with E-state index in [-0.39, 0.29) is 0 Å². The molecule has 0 spiro atoms. The van der Waals surface area contributed by atoms with Crippen LogP contribution in [0.4, 0.5) is 13.2 Å². The fourth-order valence-corrected chi connectivity index (χ4v) is 3.15. The molecule has 1 saturated carbocycles. The maximum atomic E-state index is 10.6. The zero-order valence-corrected chi connectivity index (χ0v) is 15.1. The van der Waals surface area contributed by atoms with Gasteiger partial charge in [-0.05, 0) is 31.4 Å². The van der Waals surface area contributed by atoms with Gasteiger partial charge >= 0.3 is 12.1 Å². The summed E-state index contributed by atoms with van der Waals surface area (Å²) in [6.45, 7) is 3.30. The van der Waals surface area contributed by atoms with Crippen LogP contribution in [0.25, 0.3) is 5.82 Å². The molecular weight excluding hydrogens is 375 g/mol. The predicted molar refractivity (Wildman–Crippen MR) is 94.9 cm³/mol. The highest BCUT2D eigenvalue weighted by Gasteiger charge is 2.38. The van der Waals surface area contributed by atoms with E-state index in [4.69, 9.17) is 9.90 Å². The second-order valence-electron chi connectivity index (χ2n) is 6.83. The second-order valence-corrected chi connectivity index (χ2v) is 6.83. The van der Waals surface area contributed by atoms with E-state index in [2.05, 4.69) is 26.4 Å². The normalized spacial score (nSPS) is 19.9. The van der Waals surface area contributed by atoms with Crippen molar-refractivity contribution in [1.29, 1.82) is 0 Å². The average molecular weight is 397 g/mol. The lowest BCUT2D eigenvalue weighted by Gasteiger charge is -2.16. The molecule has 7 nitrogen and oxygen atoms in total. The molecule has 152 valence electrons. The van der Waals surface area contributed by atoms with E-state index in [0.717, 1.165) is 18.4 Å². The molecule has 2 fully saturated rings. The molecule has 10 heteroatoms. The van der Waals surface area contributed by atoms with E-state index < -0.39 is 12.1 Å². The van der Waals surface area contributed by atoms with Gasteiger partial charge in [-0.25, -0.2) is 14.5 Å². The molecule has 2 aromatic heterocycles. The molecule has 1 aliphatic heterocycles. The zero-order chi connectivity index (χ0) is 20.1. The molecule has 3 heterocycles. The van der Waals surface area contributed by atoms with Crippen molar-refractivity contribution in [2.45, 2.75) is 44.1 Å². The highest BCUT2D eigenvalue weighted by Crippen LogP contribution is 2.29. The Labute approximate surface area is 160 Å². The Morgan fingerprint density at radius 2 is 2.00 bits per heavy atom. The average Bonchev–Trinajstić information content (AvgIpc) is 3.17. The molecule has 1 aliphatic carbocycles. The summed E-state index contributed by atoms with van der Waals surface area (Å²) in [4.78, 5) is 16.0. The Hall–Kier alpha value is -2.46. The van der Waals surface area contributed by atoms with Crippen LogP contribution < -0.4 is 5.32 Å². The maximum absolute atomic E-state index is 10.6.